The van der Waals surface area contributed by atoms with E-state index in [-0.39, 0.29) is 30.4 Å². The first-order valence-electron chi connectivity index (χ1n) is 6.45. The summed E-state index contributed by atoms with van der Waals surface area (Å²) in [6.45, 7) is 2.33. The van der Waals surface area contributed by atoms with Crippen LogP contribution in [0.15, 0.2) is 0 Å². The van der Waals surface area contributed by atoms with Crippen LogP contribution in [0.4, 0.5) is 4.79 Å². The third kappa shape index (κ3) is 4.76. The number of urea groups is 1. The number of nitrogens with zero attached hydrogens (tertiary/aromatic N) is 1. The molecular weight excluding hydrogens is 250 g/mol. The fraction of sp³-hybridized carbons (Fsp3) is 0.750. The minimum atomic E-state index is -0.813. The van der Waals surface area contributed by atoms with Crippen LogP contribution in [0.25, 0.3) is 0 Å². The second kappa shape index (κ2) is 6.96. The van der Waals surface area contributed by atoms with E-state index in [0.717, 1.165) is 0 Å². The van der Waals surface area contributed by atoms with E-state index in [1.165, 1.54) is 11.9 Å². The standard InChI is InChI=1S/C12H21N3O4/c1-3-13-10(16)7-15(2)12(19)14-9-5-4-8(6-9)11(17)18/h8-9H,3-7H2,1-2H3,(H,13,16)(H,14,19)(H,17,18). The van der Waals surface area contributed by atoms with Crippen LogP contribution in [-0.2, 0) is 9.59 Å². The van der Waals surface area contributed by atoms with Gasteiger partial charge < -0.3 is 20.6 Å². The first-order valence-corrected chi connectivity index (χ1v) is 6.45. The number of carboxylic acids is 1. The van der Waals surface area contributed by atoms with Gasteiger partial charge in [-0.3, -0.25) is 9.59 Å². The molecule has 1 aliphatic carbocycles. The van der Waals surface area contributed by atoms with Crippen molar-refractivity contribution in [2.75, 3.05) is 20.1 Å². The van der Waals surface area contributed by atoms with Crippen molar-refractivity contribution in [3.05, 3.63) is 0 Å². The molecule has 0 aromatic carbocycles. The molecule has 2 atom stereocenters. The van der Waals surface area contributed by atoms with Crippen molar-refractivity contribution in [1.29, 1.82) is 0 Å². The van der Waals surface area contributed by atoms with E-state index in [1.54, 1.807) is 0 Å². The minimum absolute atomic E-state index is 0.00521. The summed E-state index contributed by atoms with van der Waals surface area (Å²) in [4.78, 5) is 35.2. The van der Waals surface area contributed by atoms with E-state index in [2.05, 4.69) is 10.6 Å². The fourth-order valence-corrected chi connectivity index (χ4v) is 2.16. The third-order valence-corrected chi connectivity index (χ3v) is 3.21. The first kappa shape index (κ1) is 15.3. The Labute approximate surface area is 112 Å². The highest BCUT2D eigenvalue weighted by Gasteiger charge is 2.31. The lowest BCUT2D eigenvalue weighted by Crippen LogP contribution is -2.46. The quantitative estimate of drug-likeness (QED) is 0.656. The molecule has 7 heteroatoms. The van der Waals surface area contributed by atoms with Gasteiger partial charge in [0, 0.05) is 19.6 Å². The first-order chi connectivity index (χ1) is 8.93. The Morgan fingerprint density at radius 1 is 1.32 bits per heavy atom. The van der Waals surface area contributed by atoms with Crippen LogP contribution in [-0.4, -0.2) is 54.1 Å². The summed E-state index contributed by atoms with van der Waals surface area (Å²) in [6, 6.07) is -0.465. The van der Waals surface area contributed by atoms with Crippen molar-refractivity contribution >= 4 is 17.9 Å². The summed E-state index contributed by atoms with van der Waals surface area (Å²) in [6.07, 6.45) is 1.70. The van der Waals surface area contributed by atoms with Crippen LogP contribution in [0.2, 0.25) is 0 Å². The van der Waals surface area contributed by atoms with E-state index >= 15 is 0 Å². The number of carboxylic acid groups (broad SMARTS) is 1. The summed E-state index contributed by atoms with van der Waals surface area (Å²) in [7, 11) is 1.54. The molecule has 1 fully saturated rings. The maximum atomic E-state index is 11.8. The molecule has 2 unspecified atom stereocenters. The van der Waals surface area contributed by atoms with Gasteiger partial charge in [0.2, 0.25) is 5.91 Å². The lowest BCUT2D eigenvalue weighted by molar-refractivity contribution is -0.141. The molecule has 0 saturated heterocycles. The number of nitrogens with one attached hydrogen (secondary N) is 2. The molecule has 0 aromatic rings. The molecule has 0 bridgehead atoms. The average Bonchev–Trinajstić information content (AvgIpc) is 2.77. The van der Waals surface area contributed by atoms with Crippen LogP contribution < -0.4 is 10.6 Å². The maximum absolute atomic E-state index is 11.8. The van der Waals surface area contributed by atoms with Crippen molar-refractivity contribution < 1.29 is 19.5 Å². The van der Waals surface area contributed by atoms with Crippen LogP contribution in [0.3, 0.4) is 0 Å². The Bertz CT molecular complexity index is 359. The smallest absolute Gasteiger partial charge is 0.317 e. The monoisotopic (exact) mass is 271 g/mol. The summed E-state index contributed by atoms with van der Waals surface area (Å²) in [5, 5.41) is 14.2. The van der Waals surface area contributed by atoms with E-state index in [4.69, 9.17) is 5.11 Å². The van der Waals surface area contributed by atoms with Gasteiger partial charge >= 0.3 is 12.0 Å². The highest BCUT2D eigenvalue weighted by atomic mass is 16.4. The molecule has 1 aliphatic rings. The molecule has 7 nitrogen and oxygen atoms in total. The maximum Gasteiger partial charge on any atom is 0.317 e. The van der Waals surface area contributed by atoms with Crippen molar-refractivity contribution in [3.63, 3.8) is 0 Å². The Morgan fingerprint density at radius 2 is 2.00 bits per heavy atom. The average molecular weight is 271 g/mol. The Kier molecular flexibility index (Phi) is 5.59. The van der Waals surface area contributed by atoms with Crippen molar-refractivity contribution in [3.8, 4) is 0 Å². The lowest BCUT2D eigenvalue weighted by Gasteiger charge is -2.20. The molecular formula is C12H21N3O4. The highest BCUT2D eigenvalue weighted by Crippen LogP contribution is 2.25. The number of carbonyl (C=O) groups is 3. The second-order valence-electron chi connectivity index (χ2n) is 4.80. The fourth-order valence-electron chi connectivity index (χ4n) is 2.16. The predicted octanol–water partition coefficient (Wildman–Crippen LogP) is 0.0172. The predicted molar refractivity (Wildman–Crippen MR) is 68.6 cm³/mol. The van der Waals surface area contributed by atoms with Gasteiger partial charge in [-0.15, -0.1) is 0 Å². The largest absolute Gasteiger partial charge is 0.481 e. The zero-order valence-electron chi connectivity index (χ0n) is 11.3. The van der Waals surface area contributed by atoms with Gasteiger partial charge in [0.1, 0.15) is 6.54 Å². The van der Waals surface area contributed by atoms with Gasteiger partial charge in [-0.25, -0.2) is 4.79 Å². The highest BCUT2D eigenvalue weighted by molar-refractivity contribution is 5.84. The van der Waals surface area contributed by atoms with Crippen LogP contribution in [0.5, 0.6) is 0 Å². The van der Waals surface area contributed by atoms with Crippen LogP contribution >= 0.6 is 0 Å². The lowest BCUT2D eigenvalue weighted by atomic mass is 10.1. The molecule has 0 heterocycles. The molecule has 1 rings (SSSR count). The molecule has 3 amide bonds. The van der Waals surface area contributed by atoms with E-state index in [0.29, 0.717) is 25.8 Å². The number of hydrogen-bond donors (Lipinski definition) is 3. The topological polar surface area (TPSA) is 98.7 Å². The van der Waals surface area contributed by atoms with E-state index in [9.17, 15) is 14.4 Å². The number of aliphatic carboxylic acids is 1. The molecule has 0 spiro atoms. The number of carbonyl (C=O) groups excluding carboxylic acids is 2. The molecule has 0 radical (unpaired) electrons. The van der Waals surface area contributed by atoms with Crippen molar-refractivity contribution in [2.45, 2.75) is 32.2 Å². The molecule has 108 valence electrons. The molecule has 19 heavy (non-hydrogen) atoms. The number of likely N-dealkylation sites (N-methyl/N-ethyl adjacent to an activating group) is 2. The van der Waals surface area contributed by atoms with Crippen molar-refractivity contribution in [2.24, 2.45) is 5.92 Å². The summed E-state index contributed by atoms with van der Waals surface area (Å²) < 4.78 is 0. The summed E-state index contributed by atoms with van der Waals surface area (Å²) in [5.74, 6) is -1.40. The second-order valence-corrected chi connectivity index (χ2v) is 4.80. The van der Waals surface area contributed by atoms with E-state index in [1.807, 2.05) is 6.92 Å². The number of amides is 3. The Balaban J connectivity index is 2.35. The number of hydrogen-bond acceptors (Lipinski definition) is 3. The van der Waals surface area contributed by atoms with Gasteiger partial charge in [-0.2, -0.15) is 0 Å². The molecule has 0 aliphatic heterocycles. The van der Waals surface area contributed by atoms with Crippen LogP contribution in [0, 0.1) is 5.92 Å². The van der Waals surface area contributed by atoms with Gasteiger partial charge in [0.25, 0.3) is 0 Å². The summed E-state index contributed by atoms with van der Waals surface area (Å²) in [5.41, 5.74) is 0. The van der Waals surface area contributed by atoms with Gasteiger partial charge in [-0.05, 0) is 26.2 Å². The zero-order chi connectivity index (χ0) is 14.4. The van der Waals surface area contributed by atoms with Crippen LogP contribution in [0.1, 0.15) is 26.2 Å². The Morgan fingerprint density at radius 3 is 2.53 bits per heavy atom. The normalized spacial score (nSPS) is 21.8. The van der Waals surface area contributed by atoms with E-state index < -0.39 is 5.97 Å². The number of rotatable bonds is 5. The summed E-state index contributed by atoms with van der Waals surface area (Å²) >= 11 is 0. The van der Waals surface area contributed by atoms with Gasteiger partial charge in [0.15, 0.2) is 0 Å². The molecule has 0 aromatic heterocycles. The van der Waals surface area contributed by atoms with Gasteiger partial charge in [-0.1, -0.05) is 0 Å². The Hall–Kier alpha value is -1.79. The minimum Gasteiger partial charge on any atom is -0.481 e. The van der Waals surface area contributed by atoms with Gasteiger partial charge in [0.05, 0.1) is 5.92 Å². The molecule has 3 N–H and O–H groups in total. The third-order valence-electron chi connectivity index (χ3n) is 3.21. The SMILES string of the molecule is CCNC(=O)CN(C)C(=O)NC1CCC(C(=O)O)C1. The zero-order valence-corrected chi connectivity index (χ0v) is 11.3. The van der Waals surface area contributed by atoms with Crippen molar-refractivity contribution in [1.82, 2.24) is 15.5 Å². The molecule has 1 saturated carbocycles.